The molecule has 0 aromatic carbocycles. The first kappa shape index (κ1) is 14.5. The van der Waals surface area contributed by atoms with Gasteiger partial charge in [0.25, 0.3) is 0 Å². The molecule has 5 nitrogen and oxygen atoms in total. The van der Waals surface area contributed by atoms with Gasteiger partial charge in [0.05, 0.1) is 5.92 Å². The highest BCUT2D eigenvalue weighted by molar-refractivity contribution is 5.01. The zero-order valence-electron chi connectivity index (χ0n) is 12.2. The Hall–Kier alpha value is -0.940. The molecule has 1 fully saturated rings. The Bertz CT molecular complexity index is 375. The van der Waals surface area contributed by atoms with E-state index in [4.69, 9.17) is 9.26 Å². The van der Waals surface area contributed by atoms with Gasteiger partial charge in [-0.3, -0.25) is 0 Å². The van der Waals surface area contributed by atoms with Crippen molar-refractivity contribution in [3.05, 3.63) is 11.7 Å². The van der Waals surface area contributed by atoms with Crippen LogP contribution in [0.4, 0.5) is 0 Å². The Morgan fingerprint density at radius 2 is 2.05 bits per heavy atom. The molecule has 2 heterocycles. The van der Waals surface area contributed by atoms with Crippen LogP contribution in [-0.4, -0.2) is 35.9 Å². The Morgan fingerprint density at radius 1 is 1.32 bits per heavy atom. The lowest BCUT2D eigenvalue weighted by atomic mass is 9.98. The number of hydrogen-bond acceptors (Lipinski definition) is 5. The third kappa shape index (κ3) is 3.54. The summed E-state index contributed by atoms with van der Waals surface area (Å²) in [6, 6.07) is 0.396. The Labute approximate surface area is 115 Å². The highest BCUT2D eigenvalue weighted by Gasteiger charge is 2.25. The predicted molar refractivity (Wildman–Crippen MR) is 73.3 cm³/mol. The van der Waals surface area contributed by atoms with Crippen LogP contribution in [0, 0.1) is 0 Å². The van der Waals surface area contributed by atoms with E-state index in [-0.39, 0.29) is 5.92 Å². The van der Waals surface area contributed by atoms with Crippen LogP contribution in [0.1, 0.15) is 63.6 Å². The molecule has 2 rings (SSSR count). The second kappa shape index (κ2) is 7.01. The fourth-order valence-electron chi connectivity index (χ4n) is 2.66. The van der Waals surface area contributed by atoms with Crippen molar-refractivity contribution in [2.24, 2.45) is 0 Å². The number of nitrogens with zero attached hydrogens (tertiary/aromatic N) is 2. The molecule has 1 aliphatic rings. The van der Waals surface area contributed by atoms with Gasteiger partial charge in [0, 0.05) is 25.2 Å². The number of likely N-dealkylation sites (N-methyl/N-ethyl adjacent to an activating group) is 1. The van der Waals surface area contributed by atoms with Crippen LogP contribution in [0.5, 0.6) is 0 Å². The fraction of sp³-hybridized carbons (Fsp3) is 0.857. The summed E-state index contributed by atoms with van der Waals surface area (Å²) in [6.07, 6.45) is 3.06. The lowest BCUT2D eigenvalue weighted by molar-refractivity contribution is 0.0830. The molecule has 1 saturated heterocycles. The average molecular weight is 267 g/mol. The maximum atomic E-state index is 5.47. The van der Waals surface area contributed by atoms with Gasteiger partial charge in [-0.05, 0) is 25.8 Å². The molecule has 2 atom stereocenters. The minimum Gasteiger partial charge on any atom is -0.381 e. The Kier molecular flexibility index (Phi) is 5.34. The van der Waals surface area contributed by atoms with E-state index < -0.39 is 0 Å². The normalized spacial score (nSPS) is 20.4. The van der Waals surface area contributed by atoms with Gasteiger partial charge >= 0.3 is 0 Å². The molecular formula is C14H25N3O2. The van der Waals surface area contributed by atoms with Crippen molar-refractivity contribution in [3.8, 4) is 0 Å². The summed E-state index contributed by atoms with van der Waals surface area (Å²) in [6.45, 7) is 9.02. The van der Waals surface area contributed by atoms with Gasteiger partial charge < -0.3 is 14.6 Å². The molecule has 1 aliphatic heterocycles. The molecule has 19 heavy (non-hydrogen) atoms. The van der Waals surface area contributed by atoms with Gasteiger partial charge in [0.1, 0.15) is 0 Å². The number of aromatic nitrogens is 2. The van der Waals surface area contributed by atoms with Crippen molar-refractivity contribution in [2.75, 3.05) is 19.8 Å². The lowest BCUT2D eigenvalue weighted by Crippen LogP contribution is -2.33. The molecule has 0 spiro atoms. The first-order chi connectivity index (χ1) is 9.26. The van der Waals surface area contributed by atoms with Crippen molar-refractivity contribution in [3.63, 3.8) is 0 Å². The van der Waals surface area contributed by atoms with Crippen LogP contribution in [0.15, 0.2) is 4.52 Å². The summed E-state index contributed by atoms with van der Waals surface area (Å²) in [5, 5.41) is 7.64. The monoisotopic (exact) mass is 267 g/mol. The van der Waals surface area contributed by atoms with Crippen molar-refractivity contribution in [1.82, 2.24) is 15.5 Å². The summed E-state index contributed by atoms with van der Waals surface area (Å²) in [5.41, 5.74) is 0. The second-order valence-corrected chi connectivity index (χ2v) is 5.24. The zero-order valence-corrected chi connectivity index (χ0v) is 12.2. The first-order valence-corrected chi connectivity index (χ1v) is 7.40. The van der Waals surface area contributed by atoms with E-state index in [1.54, 1.807) is 0 Å². The molecule has 1 N–H and O–H groups in total. The highest BCUT2D eigenvalue weighted by Crippen LogP contribution is 2.27. The predicted octanol–water partition coefficient (Wildman–Crippen LogP) is 2.46. The molecule has 2 unspecified atom stereocenters. The molecule has 1 aromatic heterocycles. The minimum atomic E-state index is 0.256. The molecule has 0 saturated carbocycles. The van der Waals surface area contributed by atoms with Gasteiger partial charge in [-0.1, -0.05) is 25.9 Å². The van der Waals surface area contributed by atoms with E-state index in [1.165, 1.54) is 0 Å². The molecule has 0 bridgehead atoms. The molecule has 0 amide bonds. The van der Waals surface area contributed by atoms with Crippen molar-refractivity contribution >= 4 is 0 Å². The van der Waals surface area contributed by atoms with Gasteiger partial charge in [0.2, 0.25) is 5.89 Å². The van der Waals surface area contributed by atoms with Gasteiger partial charge in [-0.2, -0.15) is 4.98 Å². The maximum absolute atomic E-state index is 5.47. The summed E-state index contributed by atoms with van der Waals surface area (Å²) in [5.74, 6) is 2.27. The quantitative estimate of drug-likeness (QED) is 0.858. The maximum Gasteiger partial charge on any atom is 0.231 e. The minimum absolute atomic E-state index is 0.256. The second-order valence-electron chi connectivity index (χ2n) is 5.24. The average Bonchev–Trinajstić information content (AvgIpc) is 2.95. The van der Waals surface area contributed by atoms with Crippen LogP contribution < -0.4 is 5.32 Å². The summed E-state index contributed by atoms with van der Waals surface area (Å²) in [7, 11) is 0. The van der Waals surface area contributed by atoms with E-state index in [0.29, 0.717) is 12.0 Å². The molecule has 5 heteroatoms. The standard InChI is InChI=1S/C14H25N3O2/c1-4-12(15-5-2)10(3)14-16-13(17-19-14)11-6-8-18-9-7-11/h10-12,15H,4-9H2,1-3H3. The third-order valence-electron chi connectivity index (χ3n) is 3.94. The SMILES string of the molecule is CCNC(CC)C(C)c1nc(C2CCOCC2)no1. The van der Waals surface area contributed by atoms with Crippen LogP contribution in [0.25, 0.3) is 0 Å². The van der Waals surface area contributed by atoms with Gasteiger partial charge in [0.15, 0.2) is 5.82 Å². The Morgan fingerprint density at radius 3 is 2.68 bits per heavy atom. The van der Waals surface area contributed by atoms with E-state index in [1.807, 2.05) is 0 Å². The number of rotatable bonds is 6. The van der Waals surface area contributed by atoms with Gasteiger partial charge in [-0.15, -0.1) is 0 Å². The smallest absolute Gasteiger partial charge is 0.231 e. The van der Waals surface area contributed by atoms with E-state index in [9.17, 15) is 0 Å². The van der Waals surface area contributed by atoms with Crippen LogP contribution in [-0.2, 0) is 4.74 Å². The van der Waals surface area contributed by atoms with E-state index in [0.717, 1.165) is 50.7 Å². The van der Waals surface area contributed by atoms with E-state index >= 15 is 0 Å². The zero-order chi connectivity index (χ0) is 13.7. The first-order valence-electron chi connectivity index (χ1n) is 7.40. The van der Waals surface area contributed by atoms with E-state index in [2.05, 4.69) is 36.2 Å². The summed E-state index contributed by atoms with van der Waals surface area (Å²) in [4.78, 5) is 4.61. The fourth-order valence-corrected chi connectivity index (χ4v) is 2.66. The molecule has 1 aromatic rings. The van der Waals surface area contributed by atoms with Crippen molar-refractivity contribution < 1.29 is 9.26 Å². The van der Waals surface area contributed by atoms with Gasteiger partial charge in [-0.25, -0.2) is 0 Å². The van der Waals surface area contributed by atoms with Crippen LogP contribution in [0.2, 0.25) is 0 Å². The van der Waals surface area contributed by atoms with Crippen molar-refractivity contribution in [2.45, 2.75) is 57.9 Å². The number of hydrogen-bond donors (Lipinski definition) is 1. The highest BCUT2D eigenvalue weighted by atomic mass is 16.5. The molecule has 0 aliphatic carbocycles. The molecule has 0 radical (unpaired) electrons. The number of nitrogens with one attached hydrogen (secondary N) is 1. The van der Waals surface area contributed by atoms with Crippen LogP contribution in [0.3, 0.4) is 0 Å². The topological polar surface area (TPSA) is 60.2 Å². The Balaban J connectivity index is 2.02. The van der Waals surface area contributed by atoms with Crippen molar-refractivity contribution in [1.29, 1.82) is 0 Å². The molecule has 108 valence electrons. The third-order valence-corrected chi connectivity index (χ3v) is 3.94. The lowest BCUT2D eigenvalue weighted by Gasteiger charge is -2.20. The summed E-state index contributed by atoms with van der Waals surface area (Å²) >= 11 is 0. The largest absolute Gasteiger partial charge is 0.381 e. The summed E-state index contributed by atoms with van der Waals surface area (Å²) < 4.78 is 10.8. The number of ether oxygens (including phenoxy) is 1. The molecular weight excluding hydrogens is 242 g/mol. The van der Waals surface area contributed by atoms with Crippen LogP contribution >= 0.6 is 0 Å².